The van der Waals surface area contributed by atoms with Gasteiger partial charge in [0.1, 0.15) is 0 Å². The average molecular weight is 310 g/mol. The summed E-state index contributed by atoms with van der Waals surface area (Å²) in [5, 5.41) is 13.3. The maximum absolute atomic E-state index is 11.4. The van der Waals surface area contributed by atoms with E-state index in [0.29, 0.717) is 21.3 Å². The molecule has 104 valence electrons. The molecule has 0 heterocycles. The van der Waals surface area contributed by atoms with Gasteiger partial charge in [0.15, 0.2) is 6.04 Å². The lowest BCUT2D eigenvalue weighted by Gasteiger charge is -2.18. The van der Waals surface area contributed by atoms with Crippen LogP contribution in [0, 0.1) is 6.92 Å². The van der Waals surface area contributed by atoms with Crippen LogP contribution in [0.1, 0.15) is 17.2 Å². The van der Waals surface area contributed by atoms with E-state index < -0.39 is 12.0 Å². The molecular weight excluding hydrogens is 297 g/mol. The number of carbonyl (C=O) groups is 1. The molecule has 2 rings (SSSR count). The van der Waals surface area contributed by atoms with Crippen LogP contribution in [0.15, 0.2) is 42.5 Å². The SMILES string of the molecule is Cc1cc(Cl)c(NC(C(=O)O)c2ccccc2)cc1Cl. The third kappa shape index (κ3) is 3.24. The summed E-state index contributed by atoms with van der Waals surface area (Å²) < 4.78 is 0. The number of anilines is 1. The van der Waals surface area contributed by atoms with Crippen LogP contribution in [-0.4, -0.2) is 11.1 Å². The Morgan fingerprint density at radius 1 is 1.15 bits per heavy atom. The van der Waals surface area contributed by atoms with Gasteiger partial charge in [0.2, 0.25) is 0 Å². The van der Waals surface area contributed by atoms with Crippen molar-refractivity contribution in [2.45, 2.75) is 13.0 Å². The molecule has 1 unspecified atom stereocenters. The van der Waals surface area contributed by atoms with Crippen LogP contribution in [0.25, 0.3) is 0 Å². The number of carboxylic acids is 1. The molecule has 5 heteroatoms. The highest BCUT2D eigenvalue weighted by molar-refractivity contribution is 6.35. The van der Waals surface area contributed by atoms with Gasteiger partial charge in [-0.15, -0.1) is 0 Å². The van der Waals surface area contributed by atoms with Crippen molar-refractivity contribution in [1.82, 2.24) is 0 Å². The molecule has 0 fully saturated rings. The second-order valence-electron chi connectivity index (χ2n) is 4.41. The van der Waals surface area contributed by atoms with Gasteiger partial charge in [-0.05, 0) is 30.2 Å². The van der Waals surface area contributed by atoms with E-state index in [-0.39, 0.29) is 0 Å². The van der Waals surface area contributed by atoms with Gasteiger partial charge in [-0.2, -0.15) is 0 Å². The molecule has 2 aromatic carbocycles. The summed E-state index contributed by atoms with van der Waals surface area (Å²) in [5.74, 6) is -0.982. The summed E-state index contributed by atoms with van der Waals surface area (Å²) in [4.78, 5) is 11.4. The minimum Gasteiger partial charge on any atom is -0.479 e. The molecule has 0 aliphatic heterocycles. The molecule has 20 heavy (non-hydrogen) atoms. The molecule has 0 bridgehead atoms. The van der Waals surface area contributed by atoms with E-state index in [1.165, 1.54) is 0 Å². The van der Waals surface area contributed by atoms with Gasteiger partial charge >= 0.3 is 5.97 Å². The molecule has 2 aromatic rings. The van der Waals surface area contributed by atoms with Crippen molar-refractivity contribution in [3.8, 4) is 0 Å². The highest BCUT2D eigenvalue weighted by Crippen LogP contribution is 2.31. The fourth-order valence-electron chi connectivity index (χ4n) is 1.85. The number of hydrogen-bond donors (Lipinski definition) is 2. The lowest BCUT2D eigenvalue weighted by molar-refractivity contribution is -0.138. The molecule has 0 spiro atoms. The van der Waals surface area contributed by atoms with E-state index >= 15 is 0 Å². The van der Waals surface area contributed by atoms with Crippen LogP contribution in [0.2, 0.25) is 10.0 Å². The molecule has 3 nitrogen and oxygen atoms in total. The maximum Gasteiger partial charge on any atom is 0.330 e. The Bertz CT molecular complexity index is 629. The zero-order valence-corrected chi connectivity index (χ0v) is 12.2. The van der Waals surface area contributed by atoms with E-state index in [0.717, 1.165) is 5.56 Å². The van der Waals surface area contributed by atoms with Gasteiger partial charge in [0, 0.05) is 5.02 Å². The zero-order chi connectivity index (χ0) is 14.7. The van der Waals surface area contributed by atoms with Crippen LogP contribution in [0.5, 0.6) is 0 Å². The third-order valence-electron chi connectivity index (χ3n) is 2.93. The lowest BCUT2D eigenvalue weighted by Crippen LogP contribution is -2.20. The van der Waals surface area contributed by atoms with Crippen LogP contribution in [0.4, 0.5) is 5.69 Å². The standard InChI is InChI=1S/C15H13Cl2NO2/c1-9-7-12(17)13(8-11(9)16)18-14(15(19)20)10-5-3-2-4-6-10/h2-8,14,18H,1H3,(H,19,20). The van der Waals surface area contributed by atoms with Crippen molar-refractivity contribution >= 4 is 34.9 Å². The van der Waals surface area contributed by atoms with Crippen molar-refractivity contribution in [2.24, 2.45) is 0 Å². The Labute approximate surface area is 127 Å². The highest BCUT2D eigenvalue weighted by Gasteiger charge is 2.20. The number of hydrogen-bond acceptors (Lipinski definition) is 2. The topological polar surface area (TPSA) is 49.3 Å². The van der Waals surface area contributed by atoms with Gasteiger partial charge in [0.25, 0.3) is 0 Å². The van der Waals surface area contributed by atoms with E-state index in [4.69, 9.17) is 23.2 Å². The number of rotatable bonds is 4. The Hall–Kier alpha value is -1.71. The van der Waals surface area contributed by atoms with Crippen molar-refractivity contribution in [1.29, 1.82) is 0 Å². The lowest BCUT2D eigenvalue weighted by atomic mass is 10.1. The number of benzene rings is 2. The van der Waals surface area contributed by atoms with Crippen LogP contribution in [0.3, 0.4) is 0 Å². The number of nitrogens with one attached hydrogen (secondary N) is 1. The minimum absolute atomic E-state index is 0.439. The predicted molar refractivity (Wildman–Crippen MR) is 81.6 cm³/mol. The van der Waals surface area contributed by atoms with Crippen LogP contribution >= 0.6 is 23.2 Å². The van der Waals surface area contributed by atoms with Crippen molar-refractivity contribution in [3.05, 3.63) is 63.6 Å². The predicted octanol–water partition coefficient (Wildman–Crippen LogP) is 4.54. The van der Waals surface area contributed by atoms with Crippen molar-refractivity contribution in [2.75, 3.05) is 5.32 Å². The molecule has 0 radical (unpaired) electrons. The second-order valence-corrected chi connectivity index (χ2v) is 5.22. The number of carboxylic acid groups (broad SMARTS) is 1. The fraction of sp³-hybridized carbons (Fsp3) is 0.133. The molecule has 0 saturated carbocycles. The van der Waals surface area contributed by atoms with Gasteiger partial charge in [-0.3, -0.25) is 0 Å². The first-order chi connectivity index (χ1) is 9.49. The summed E-state index contributed by atoms with van der Waals surface area (Å²) in [6.07, 6.45) is 0. The Kier molecular flexibility index (Phi) is 4.53. The number of halogens is 2. The first-order valence-electron chi connectivity index (χ1n) is 5.99. The second kappa shape index (κ2) is 6.16. The molecule has 2 N–H and O–H groups in total. The van der Waals surface area contributed by atoms with E-state index in [1.807, 2.05) is 13.0 Å². The molecule has 0 saturated heterocycles. The number of aryl methyl sites for hydroxylation is 1. The first-order valence-corrected chi connectivity index (χ1v) is 6.74. The molecular formula is C15H13Cl2NO2. The van der Waals surface area contributed by atoms with Gasteiger partial charge in [0.05, 0.1) is 10.7 Å². The minimum atomic E-state index is -0.982. The van der Waals surface area contributed by atoms with Gasteiger partial charge < -0.3 is 10.4 Å². The van der Waals surface area contributed by atoms with Crippen LogP contribution < -0.4 is 5.32 Å². The van der Waals surface area contributed by atoms with Crippen LogP contribution in [-0.2, 0) is 4.79 Å². The molecule has 1 atom stereocenters. The summed E-state index contributed by atoms with van der Waals surface area (Å²) in [6.45, 7) is 1.84. The quantitative estimate of drug-likeness (QED) is 0.871. The first kappa shape index (κ1) is 14.7. The third-order valence-corrected chi connectivity index (χ3v) is 3.65. The van der Waals surface area contributed by atoms with Gasteiger partial charge in [-0.25, -0.2) is 4.79 Å². The Morgan fingerprint density at radius 2 is 1.80 bits per heavy atom. The smallest absolute Gasteiger partial charge is 0.330 e. The molecule has 0 aromatic heterocycles. The highest BCUT2D eigenvalue weighted by atomic mass is 35.5. The van der Waals surface area contributed by atoms with E-state index in [2.05, 4.69) is 5.32 Å². The summed E-state index contributed by atoms with van der Waals surface area (Å²) in [5.41, 5.74) is 1.99. The molecule has 0 aliphatic rings. The zero-order valence-electron chi connectivity index (χ0n) is 10.7. The largest absolute Gasteiger partial charge is 0.479 e. The summed E-state index contributed by atoms with van der Waals surface area (Å²) >= 11 is 12.2. The fourth-order valence-corrected chi connectivity index (χ4v) is 2.28. The van der Waals surface area contributed by atoms with Crippen molar-refractivity contribution < 1.29 is 9.90 Å². The molecule has 0 aliphatic carbocycles. The Morgan fingerprint density at radius 3 is 2.40 bits per heavy atom. The normalized spacial score (nSPS) is 11.9. The van der Waals surface area contributed by atoms with E-state index in [9.17, 15) is 9.90 Å². The average Bonchev–Trinajstić information content (AvgIpc) is 2.42. The van der Waals surface area contributed by atoms with Gasteiger partial charge in [-0.1, -0.05) is 53.5 Å². The summed E-state index contributed by atoms with van der Waals surface area (Å²) in [6, 6.07) is 11.4. The maximum atomic E-state index is 11.4. The van der Waals surface area contributed by atoms with Crippen molar-refractivity contribution in [3.63, 3.8) is 0 Å². The Balaban J connectivity index is 2.35. The van der Waals surface area contributed by atoms with E-state index in [1.54, 1.807) is 36.4 Å². The summed E-state index contributed by atoms with van der Waals surface area (Å²) in [7, 11) is 0. The monoisotopic (exact) mass is 309 g/mol. The number of aliphatic carboxylic acids is 1. The molecule has 0 amide bonds.